The van der Waals surface area contributed by atoms with Crippen molar-refractivity contribution in [3.05, 3.63) is 77.5 Å². The van der Waals surface area contributed by atoms with Crippen LogP contribution in [0.4, 0.5) is 5.82 Å². The first-order valence-electron chi connectivity index (χ1n) is 7.69. The first-order chi connectivity index (χ1) is 11.7. The molecule has 0 aliphatic rings. The lowest BCUT2D eigenvalue weighted by Gasteiger charge is -2.08. The van der Waals surface area contributed by atoms with Crippen LogP contribution in [0.1, 0.15) is 21.5 Å². The second-order valence-electron chi connectivity index (χ2n) is 5.48. The molecular weight excluding hydrogens is 302 g/mol. The van der Waals surface area contributed by atoms with Gasteiger partial charge < -0.3 is 10.1 Å². The summed E-state index contributed by atoms with van der Waals surface area (Å²) in [6.07, 6.45) is 1.85. The molecule has 2 aromatic carbocycles. The normalized spacial score (nSPS) is 10.4. The number of aromatic nitrogens is 2. The highest BCUT2D eigenvalue weighted by Crippen LogP contribution is 2.18. The number of carbonyl (C=O) groups is 1. The van der Waals surface area contributed by atoms with Crippen LogP contribution in [0.5, 0.6) is 5.75 Å². The van der Waals surface area contributed by atoms with Crippen molar-refractivity contribution in [2.24, 2.45) is 0 Å². The summed E-state index contributed by atoms with van der Waals surface area (Å²) in [5.74, 6) is 0.808. The Hall–Kier alpha value is -3.08. The van der Waals surface area contributed by atoms with E-state index in [-0.39, 0.29) is 5.91 Å². The summed E-state index contributed by atoms with van der Waals surface area (Å²) in [5.41, 5.74) is 2.89. The van der Waals surface area contributed by atoms with Gasteiger partial charge in [-0.1, -0.05) is 36.4 Å². The predicted octanol–water partition coefficient (Wildman–Crippen LogP) is 3.50. The Kier molecular flexibility index (Phi) is 4.61. The van der Waals surface area contributed by atoms with E-state index in [0.29, 0.717) is 23.7 Å². The van der Waals surface area contributed by atoms with Crippen molar-refractivity contribution in [2.75, 3.05) is 12.4 Å². The third-order valence-corrected chi connectivity index (χ3v) is 3.83. The number of nitrogens with one attached hydrogen (secondary N) is 1. The molecule has 1 heterocycles. The van der Waals surface area contributed by atoms with Gasteiger partial charge in [-0.2, -0.15) is 5.10 Å². The quantitative estimate of drug-likeness (QED) is 0.782. The Bertz CT molecular complexity index is 855. The summed E-state index contributed by atoms with van der Waals surface area (Å²) in [6.45, 7) is 2.74. The maximum Gasteiger partial charge on any atom is 0.260 e. The Morgan fingerprint density at radius 2 is 1.88 bits per heavy atom. The molecular formula is C19H19N3O2. The van der Waals surface area contributed by atoms with Crippen LogP contribution >= 0.6 is 0 Å². The second kappa shape index (κ2) is 7.00. The molecule has 1 aromatic heterocycles. The van der Waals surface area contributed by atoms with Crippen LogP contribution in [-0.2, 0) is 6.54 Å². The minimum atomic E-state index is -0.242. The second-order valence-corrected chi connectivity index (χ2v) is 5.48. The SMILES string of the molecule is COc1ccccc1C(=O)Nc1ccn(Cc2ccccc2C)n1. The molecule has 1 N–H and O–H groups in total. The average Bonchev–Trinajstić information content (AvgIpc) is 3.04. The summed E-state index contributed by atoms with van der Waals surface area (Å²) in [5, 5.41) is 7.21. The molecule has 24 heavy (non-hydrogen) atoms. The summed E-state index contributed by atoms with van der Waals surface area (Å²) >= 11 is 0. The number of para-hydroxylation sites is 1. The fourth-order valence-corrected chi connectivity index (χ4v) is 2.49. The van der Waals surface area contributed by atoms with Gasteiger partial charge in [0.1, 0.15) is 5.75 Å². The van der Waals surface area contributed by atoms with Crippen LogP contribution in [0.15, 0.2) is 60.8 Å². The molecule has 0 fully saturated rings. The zero-order chi connectivity index (χ0) is 16.9. The number of amides is 1. The number of methoxy groups -OCH3 is 1. The van der Waals surface area contributed by atoms with Gasteiger partial charge in [-0.15, -0.1) is 0 Å². The number of carbonyl (C=O) groups excluding carboxylic acids is 1. The highest BCUT2D eigenvalue weighted by Gasteiger charge is 2.13. The van der Waals surface area contributed by atoms with E-state index in [0.717, 1.165) is 0 Å². The summed E-state index contributed by atoms with van der Waals surface area (Å²) in [6, 6.07) is 17.1. The summed E-state index contributed by atoms with van der Waals surface area (Å²) < 4.78 is 7.02. The summed E-state index contributed by atoms with van der Waals surface area (Å²) in [4.78, 5) is 12.4. The first-order valence-corrected chi connectivity index (χ1v) is 7.69. The van der Waals surface area contributed by atoms with Crippen LogP contribution < -0.4 is 10.1 Å². The van der Waals surface area contributed by atoms with Gasteiger partial charge in [0.25, 0.3) is 5.91 Å². The van der Waals surface area contributed by atoms with Crippen molar-refractivity contribution < 1.29 is 9.53 Å². The van der Waals surface area contributed by atoms with Crippen molar-refractivity contribution in [3.63, 3.8) is 0 Å². The van der Waals surface area contributed by atoms with Gasteiger partial charge in [-0.3, -0.25) is 9.48 Å². The Morgan fingerprint density at radius 3 is 2.67 bits per heavy atom. The maximum absolute atomic E-state index is 12.4. The number of anilines is 1. The van der Waals surface area contributed by atoms with E-state index in [1.807, 2.05) is 24.4 Å². The molecule has 5 nitrogen and oxygen atoms in total. The van der Waals surface area contributed by atoms with Gasteiger partial charge in [0.15, 0.2) is 5.82 Å². The molecule has 122 valence electrons. The van der Waals surface area contributed by atoms with Crippen LogP contribution in [-0.4, -0.2) is 22.8 Å². The van der Waals surface area contributed by atoms with Crippen molar-refractivity contribution in [3.8, 4) is 5.75 Å². The molecule has 0 aliphatic carbocycles. The van der Waals surface area contributed by atoms with Crippen molar-refractivity contribution in [2.45, 2.75) is 13.5 Å². The van der Waals surface area contributed by atoms with Crippen LogP contribution in [0.3, 0.4) is 0 Å². The standard InChI is InChI=1S/C19H19N3O2/c1-14-7-3-4-8-15(14)13-22-12-11-18(21-22)20-19(23)16-9-5-6-10-17(16)24-2/h3-12H,13H2,1-2H3,(H,20,21,23). The molecule has 0 saturated heterocycles. The van der Waals surface area contributed by atoms with Gasteiger partial charge in [-0.25, -0.2) is 0 Å². The molecule has 0 atom stereocenters. The smallest absolute Gasteiger partial charge is 0.260 e. The highest BCUT2D eigenvalue weighted by molar-refractivity contribution is 6.05. The number of rotatable bonds is 5. The minimum absolute atomic E-state index is 0.242. The third kappa shape index (κ3) is 3.46. The van der Waals surface area contributed by atoms with Gasteiger partial charge in [-0.05, 0) is 30.2 Å². The Balaban J connectivity index is 1.72. The number of hydrogen-bond acceptors (Lipinski definition) is 3. The molecule has 3 rings (SSSR count). The fraction of sp³-hybridized carbons (Fsp3) is 0.158. The lowest BCUT2D eigenvalue weighted by atomic mass is 10.1. The van der Waals surface area contributed by atoms with E-state index in [9.17, 15) is 4.79 Å². The molecule has 0 saturated carbocycles. The van der Waals surface area contributed by atoms with E-state index in [1.54, 1.807) is 36.1 Å². The molecule has 0 aliphatic heterocycles. The topological polar surface area (TPSA) is 56.1 Å². The molecule has 0 radical (unpaired) electrons. The monoisotopic (exact) mass is 321 g/mol. The Morgan fingerprint density at radius 1 is 1.12 bits per heavy atom. The molecule has 5 heteroatoms. The number of aryl methyl sites for hydroxylation is 1. The van der Waals surface area contributed by atoms with Crippen molar-refractivity contribution in [1.82, 2.24) is 9.78 Å². The van der Waals surface area contributed by atoms with Crippen molar-refractivity contribution in [1.29, 1.82) is 0 Å². The van der Waals surface area contributed by atoms with E-state index >= 15 is 0 Å². The zero-order valence-electron chi connectivity index (χ0n) is 13.7. The van der Waals surface area contributed by atoms with E-state index in [2.05, 4.69) is 29.5 Å². The average molecular weight is 321 g/mol. The molecule has 3 aromatic rings. The molecule has 0 bridgehead atoms. The number of ether oxygens (including phenoxy) is 1. The van der Waals surface area contributed by atoms with Gasteiger partial charge in [0.2, 0.25) is 0 Å². The Labute approximate surface area is 140 Å². The third-order valence-electron chi connectivity index (χ3n) is 3.83. The van der Waals surface area contributed by atoms with Crippen LogP contribution in [0.25, 0.3) is 0 Å². The zero-order valence-corrected chi connectivity index (χ0v) is 13.7. The van der Waals surface area contributed by atoms with Crippen LogP contribution in [0.2, 0.25) is 0 Å². The fourth-order valence-electron chi connectivity index (χ4n) is 2.49. The maximum atomic E-state index is 12.4. The van der Waals surface area contributed by atoms with E-state index < -0.39 is 0 Å². The number of hydrogen-bond donors (Lipinski definition) is 1. The van der Waals surface area contributed by atoms with Crippen LogP contribution in [0, 0.1) is 6.92 Å². The largest absolute Gasteiger partial charge is 0.496 e. The lowest BCUT2D eigenvalue weighted by Crippen LogP contribution is -2.14. The number of benzene rings is 2. The summed E-state index contributed by atoms with van der Waals surface area (Å²) in [7, 11) is 1.54. The molecule has 1 amide bonds. The van der Waals surface area contributed by atoms with Gasteiger partial charge in [0.05, 0.1) is 19.2 Å². The number of nitrogens with zero attached hydrogens (tertiary/aromatic N) is 2. The van der Waals surface area contributed by atoms with E-state index in [1.165, 1.54) is 11.1 Å². The lowest BCUT2D eigenvalue weighted by molar-refractivity contribution is 0.102. The highest BCUT2D eigenvalue weighted by atomic mass is 16.5. The van der Waals surface area contributed by atoms with Crippen molar-refractivity contribution >= 4 is 11.7 Å². The van der Waals surface area contributed by atoms with Gasteiger partial charge >= 0.3 is 0 Å². The predicted molar refractivity (Wildman–Crippen MR) is 93.5 cm³/mol. The minimum Gasteiger partial charge on any atom is -0.496 e. The molecule has 0 spiro atoms. The van der Waals surface area contributed by atoms with E-state index in [4.69, 9.17) is 4.74 Å². The first kappa shape index (κ1) is 15.8. The van der Waals surface area contributed by atoms with Gasteiger partial charge in [0, 0.05) is 12.3 Å². The molecule has 0 unspecified atom stereocenters.